The molecular weight excluding hydrogens is 270 g/mol. The third-order valence-electron chi connectivity index (χ3n) is 3.89. The molecule has 2 saturated heterocycles. The third kappa shape index (κ3) is 3.77. The molecule has 1 unspecified atom stereocenters. The highest BCUT2D eigenvalue weighted by Crippen LogP contribution is 2.42. The van der Waals surface area contributed by atoms with Gasteiger partial charge in [0.05, 0.1) is 30.0 Å². The molecule has 21 heavy (non-hydrogen) atoms. The number of hydrogen-bond donors (Lipinski definition) is 0. The fourth-order valence-electron chi connectivity index (χ4n) is 3.02. The maximum absolute atomic E-state index is 6.35. The molecule has 0 spiro atoms. The van der Waals surface area contributed by atoms with Gasteiger partial charge in [-0.2, -0.15) is 5.06 Å². The first-order chi connectivity index (χ1) is 9.44. The highest BCUT2D eigenvalue weighted by Gasteiger charge is 2.61. The second-order valence-electron chi connectivity index (χ2n) is 8.25. The van der Waals surface area contributed by atoms with Gasteiger partial charge in [-0.05, 0) is 48.5 Å². The van der Waals surface area contributed by atoms with Crippen LogP contribution in [0, 0.1) is 0 Å². The fraction of sp³-hybridized carbons (Fsp3) is 1.00. The van der Waals surface area contributed by atoms with Gasteiger partial charge in [-0.1, -0.05) is 0 Å². The largest absolute Gasteiger partial charge is 0.373 e. The molecule has 0 aromatic carbocycles. The summed E-state index contributed by atoms with van der Waals surface area (Å²) >= 11 is 0. The number of hydrogen-bond acceptors (Lipinski definition) is 5. The van der Waals surface area contributed by atoms with Crippen LogP contribution < -0.4 is 0 Å². The molecule has 2 fully saturated rings. The van der Waals surface area contributed by atoms with E-state index in [-0.39, 0.29) is 29.5 Å². The van der Waals surface area contributed by atoms with Crippen LogP contribution in [0.25, 0.3) is 0 Å². The number of hydroxylamine groups is 2. The molecule has 0 aromatic heterocycles. The predicted molar refractivity (Wildman–Crippen MR) is 81.1 cm³/mol. The van der Waals surface area contributed by atoms with Crippen molar-refractivity contribution in [2.24, 2.45) is 0 Å². The van der Waals surface area contributed by atoms with Crippen LogP contribution in [0.3, 0.4) is 0 Å². The van der Waals surface area contributed by atoms with Crippen molar-refractivity contribution in [3.8, 4) is 0 Å². The summed E-state index contributed by atoms with van der Waals surface area (Å²) in [5, 5.41) is 1.88. The lowest BCUT2D eigenvalue weighted by atomic mass is 9.91. The molecule has 0 N–H and O–H groups in total. The van der Waals surface area contributed by atoms with Gasteiger partial charge in [0, 0.05) is 7.05 Å². The molecule has 4 atom stereocenters. The lowest BCUT2D eigenvalue weighted by Crippen LogP contribution is -2.62. The van der Waals surface area contributed by atoms with Crippen LogP contribution in [0.2, 0.25) is 0 Å². The van der Waals surface area contributed by atoms with Crippen LogP contribution in [-0.2, 0) is 19.0 Å². The van der Waals surface area contributed by atoms with Gasteiger partial charge in [0.1, 0.15) is 18.3 Å². The van der Waals surface area contributed by atoms with Crippen LogP contribution >= 0.6 is 0 Å². The second-order valence-corrected chi connectivity index (χ2v) is 8.25. The molecule has 0 aliphatic carbocycles. The molecule has 5 nitrogen and oxygen atoms in total. The van der Waals surface area contributed by atoms with E-state index in [0.29, 0.717) is 13.2 Å². The fourth-order valence-corrected chi connectivity index (χ4v) is 3.02. The SMILES string of the molecule is C[C@@H]1O[C@@]2(COC(C)(C)C)CON(C)[C@H]1C2OC(C)(C)C. The quantitative estimate of drug-likeness (QED) is 0.800. The Morgan fingerprint density at radius 3 is 2.29 bits per heavy atom. The number of fused-ring (bicyclic) bond motifs is 2. The van der Waals surface area contributed by atoms with Crippen molar-refractivity contribution in [3.05, 3.63) is 0 Å². The molecule has 2 aliphatic heterocycles. The number of ether oxygens (including phenoxy) is 3. The van der Waals surface area contributed by atoms with E-state index in [9.17, 15) is 0 Å². The molecule has 2 heterocycles. The van der Waals surface area contributed by atoms with Crippen LogP contribution in [0.15, 0.2) is 0 Å². The minimum Gasteiger partial charge on any atom is -0.373 e. The van der Waals surface area contributed by atoms with Crippen molar-refractivity contribution in [2.75, 3.05) is 20.3 Å². The first-order valence-electron chi connectivity index (χ1n) is 7.79. The van der Waals surface area contributed by atoms with Gasteiger partial charge in [0.2, 0.25) is 0 Å². The molecule has 0 aromatic rings. The summed E-state index contributed by atoms with van der Waals surface area (Å²) in [6, 6.07) is 0.0848. The van der Waals surface area contributed by atoms with Gasteiger partial charge < -0.3 is 14.2 Å². The Hall–Kier alpha value is -0.200. The molecule has 5 heteroatoms. The monoisotopic (exact) mass is 301 g/mol. The van der Waals surface area contributed by atoms with Gasteiger partial charge in [-0.15, -0.1) is 0 Å². The average molecular weight is 301 g/mol. The first-order valence-corrected chi connectivity index (χ1v) is 7.79. The topological polar surface area (TPSA) is 40.2 Å². The lowest BCUT2D eigenvalue weighted by Gasteiger charge is -2.45. The molecule has 0 saturated carbocycles. The Morgan fingerprint density at radius 2 is 1.76 bits per heavy atom. The van der Waals surface area contributed by atoms with Gasteiger partial charge in [-0.25, -0.2) is 0 Å². The van der Waals surface area contributed by atoms with E-state index in [1.54, 1.807) is 0 Å². The maximum atomic E-state index is 6.35. The zero-order valence-electron chi connectivity index (χ0n) is 14.7. The molecular formula is C16H31NO4. The van der Waals surface area contributed by atoms with Gasteiger partial charge >= 0.3 is 0 Å². The van der Waals surface area contributed by atoms with E-state index in [2.05, 4.69) is 48.5 Å². The Morgan fingerprint density at radius 1 is 1.14 bits per heavy atom. The summed E-state index contributed by atoms with van der Waals surface area (Å²) in [4.78, 5) is 5.80. The van der Waals surface area contributed by atoms with Crippen molar-refractivity contribution < 1.29 is 19.0 Å². The third-order valence-corrected chi connectivity index (χ3v) is 3.89. The minimum absolute atomic E-state index is 0.0495. The van der Waals surface area contributed by atoms with E-state index >= 15 is 0 Å². The summed E-state index contributed by atoms with van der Waals surface area (Å²) in [7, 11) is 1.95. The number of likely N-dealkylation sites (N-methyl/N-ethyl adjacent to an activating group) is 1. The Balaban J connectivity index is 2.23. The van der Waals surface area contributed by atoms with E-state index in [4.69, 9.17) is 19.0 Å². The molecule has 0 amide bonds. The normalized spacial score (nSPS) is 38.0. The van der Waals surface area contributed by atoms with Crippen molar-refractivity contribution in [2.45, 2.75) is 83.5 Å². The average Bonchev–Trinajstić information content (AvgIpc) is 2.45. The standard InChI is InChI=1S/C16H31NO4/c1-11-12-13(21-15(5,6)7)16(20-11,10-19-17(12)8)9-18-14(2,3)4/h11-13H,9-10H2,1-8H3/t11-,12+,13?,16-/m0/s1. The van der Waals surface area contributed by atoms with Crippen LogP contribution in [-0.4, -0.2) is 60.4 Å². The van der Waals surface area contributed by atoms with E-state index in [0.717, 1.165) is 0 Å². The molecule has 0 radical (unpaired) electrons. The summed E-state index contributed by atoms with van der Waals surface area (Å²) in [5.74, 6) is 0. The zero-order valence-corrected chi connectivity index (χ0v) is 14.7. The molecule has 2 bridgehead atoms. The molecule has 2 rings (SSSR count). The highest BCUT2D eigenvalue weighted by molar-refractivity contribution is 5.08. The smallest absolute Gasteiger partial charge is 0.145 e. The van der Waals surface area contributed by atoms with E-state index in [1.165, 1.54) is 0 Å². The lowest BCUT2D eigenvalue weighted by molar-refractivity contribution is -0.285. The predicted octanol–water partition coefficient (Wildman–Crippen LogP) is 2.39. The van der Waals surface area contributed by atoms with Gasteiger partial charge in [-0.3, -0.25) is 4.84 Å². The second kappa shape index (κ2) is 5.46. The Bertz CT molecular complexity index is 373. The zero-order chi connectivity index (χ0) is 16.1. The van der Waals surface area contributed by atoms with E-state index in [1.807, 2.05) is 12.1 Å². The molecule has 2 aliphatic rings. The molecule has 124 valence electrons. The summed E-state index contributed by atoms with van der Waals surface area (Å²) in [5.41, 5.74) is -0.978. The van der Waals surface area contributed by atoms with Crippen molar-refractivity contribution in [3.63, 3.8) is 0 Å². The van der Waals surface area contributed by atoms with Crippen molar-refractivity contribution in [1.82, 2.24) is 5.06 Å². The van der Waals surface area contributed by atoms with Crippen LogP contribution in [0.4, 0.5) is 0 Å². The first kappa shape index (κ1) is 17.2. The number of nitrogens with zero attached hydrogens (tertiary/aromatic N) is 1. The minimum atomic E-state index is -0.531. The highest BCUT2D eigenvalue weighted by atomic mass is 16.7. The van der Waals surface area contributed by atoms with Crippen LogP contribution in [0.1, 0.15) is 48.5 Å². The van der Waals surface area contributed by atoms with Crippen molar-refractivity contribution >= 4 is 0 Å². The van der Waals surface area contributed by atoms with Gasteiger partial charge in [0.15, 0.2) is 0 Å². The maximum Gasteiger partial charge on any atom is 0.145 e. The summed E-state index contributed by atoms with van der Waals surface area (Å²) < 4.78 is 18.6. The number of rotatable bonds is 3. The summed E-state index contributed by atoms with van der Waals surface area (Å²) in [6.45, 7) is 15.4. The van der Waals surface area contributed by atoms with Crippen LogP contribution in [0.5, 0.6) is 0 Å². The Kier molecular flexibility index (Phi) is 4.46. The van der Waals surface area contributed by atoms with Crippen molar-refractivity contribution in [1.29, 1.82) is 0 Å². The Labute approximate surface area is 128 Å². The van der Waals surface area contributed by atoms with Gasteiger partial charge in [0.25, 0.3) is 0 Å². The van der Waals surface area contributed by atoms with E-state index < -0.39 is 5.60 Å². The summed E-state index contributed by atoms with van der Waals surface area (Å²) in [6.07, 6.45) is -0.0120.